The highest BCUT2D eigenvalue weighted by molar-refractivity contribution is 6.01. The summed E-state index contributed by atoms with van der Waals surface area (Å²) >= 11 is 0. The molecule has 2 aliphatic rings. The molecule has 0 bridgehead atoms. The Kier molecular flexibility index (Phi) is 3.94. The molecule has 2 N–H and O–H groups in total. The molecule has 1 atom stereocenters. The molecule has 2 aliphatic heterocycles. The van der Waals surface area contributed by atoms with Crippen LogP contribution in [0, 0.1) is 11.6 Å². The molecule has 0 saturated carbocycles. The molecule has 25 heavy (non-hydrogen) atoms. The number of aliphatic carboxylic acids is 1. The largest absolute Gasteiger partial charge is 0.478 e. The summed E-state index contributed by atoms with van der Waals surface area (Å²) in [6.45, 7) is 6.70. The molecule has 0 unspecified atom stereocenters. The van der Waals surface area contributed by atoms with Crippen molar-refractivity contribution in [3.8, 4) is 0 Å². The number of hydrogen-bond donors (Lipinski definition) is 2. The zero-order valence-electron chi connectivity index (χ0n) is 13.6. The van der Waals surface area contributed by atoms with Crippen molar-refractivity contribution in [3.63, 3.8) is 0 Å². The molecule has 0 radical (unpaired) electrons. The minimum atomic E-state index is -1.29. The van der Waals surface area contributed by atoms with E-state index in [0.29, 0.717) is 17.3 Å². The van der Waals surface area contributed by atoms with Crippen molar-refractivity contribution in [2.45, 2.75) is 19.8 Å². The molecule has 1 aromatic rings. The van der Waals surface area contributed by atoms with Crippen LogP contribution in [0.5, 0.6) is 0 Å². The summed E-state index contributed by atoms with van der Waals surface area (Å²) in [5.74, 6) is -4.89. The molecular formula is C18H15F2NO4. The molecule has 7 heteroatoms. The molecular weight excluding hydrogens is 332 g/mol. The molecule has 0 aliphatic carbocycles. The molecule has 1 aromatic carbocycles. The van der Waals surface area contributed by atoms with Crippen LogP contribution < -0.4 is 5.32 Å². The first-order valence-electron chi connectivity index (χ1n) is 7.48. The van der Waals surface area contributed by atoms with E-state index in [-0.39, 0.29) is 34.6 Å². The first kappa shape index (κ1) is 16.9. The predicted molar refractivity (Wildman–Crippen MR) is 85.3 cm³/mol. The fourth-order valence-electron chi connectivity index (χ4n) is 3.33. The summed E-state index contributed by atoms with van der Waals surface area (Å²) < 4.78 is 33.3. The normalized spacial score (nSPS) is 19.5. The second kappa shape index (κ2) is 5.84. The van der Waals surface area contributed by atoms with Gasteiger partial charge in [-0.25, -0.2) is 18.4 Å². The second-order valence-electron chi connectivity index (χ2n) is 6.00. The minimum Gasteiger partial charge on any atom is -0.478 e. The Balaban J connectivity index is 2.35. The molecule has 0 saturated heterocycles. The number of carboxylic acid groups (broad SMARTS) is 1. The topological polar surface area (TPSA) is 75.6 Å². The van der Waals surface area contributed by atoms with E-state index in [2.05, 4.69) is 11.9 Å². The van der Waals surface area contributed by atoms with Gasteiger partial charge in [0.2, 0.25) is 0 Å². The number of benzene rings is 1. The molecule has 130 valence electrons. The number of allylic oxidation sites excluding steroid dienone is 2. The third-order valence-electron chi connectivity index (χ3n) is 4.27. The number of carbonyl (C=O) groups excluding carboxylic acids is 1. The van der Waals surface area contributed by atoms with Crippen molar-refractivity contribution < 1.29 is 28.2 Å². The van der Waals surface area contributed by atoms with Crippen LogP contribution in [0.25, 0.3) is 5.57 Å². The quantitative estimate of drug-likeness (QED) is 0.823. The molecule has 3 rings (SSSR count). The van der Waals surface area contributed by atoms with Gasteiger partial charge in [0.1, 0.15) is 18.2 Å². The summed E-state index contributed by atoms with van der Waals surface area (Å²) in [6, 6.07) is 1.74. The van der Waals surface area contributed by atoms with Crippen LogP contribution in [-0.4, -0.2) is 23.7 Å². The van der Waals surface area contributed by atoms with Gasteiger partial charge in [0.25, 0.3) is 0 Å². The molecule has 0 spiro atoms. The minimum absolute atomic E-state index is 0.00796. The molecule has 0 amide bonds. The lowest BCUT2D eigenvalue weighted by Gasteiger charge is -2.28. The van der Waals surface area contributed by atoms with Crippen molar-refractivity contribution in [2.75, 3.05) is 6.61 Å². The summed E-state index contributed by atoms with van der Waals surface area (Å²) in [5.41, 5.74) is 0.894. The number of cyclic esters (lactones) is 1. The van der Waals surface area contributed by atoms with Crippen LogP contribution >= 0.6 is 0 Å². The Morgan fingerprint density at radius 3 is 2.68 bits per heavy atom. The van der Waals surface area contributed by atoms with Gasteiger partial charge in [0.05, 0.1) is 22.8 Å². The SMILES string of the molecule is C=C(C)c1c(F)cc(F)cc1[C@H]1C(C(=O)O)=C(C)NC2=C1C(=O)OC2. The Morgan fingerprint density at radius 2 is 2.08 bits per heavy atom. The van der Waals surface area contributed by atoms with Crippen LogP contribution in [-0.2, 0) is 14.3 Å². The number of dihydropyridines is 1. The smallest absolute Gasteiger partial charge is 0.337 e. The Morgan fingerprint density at radius 1 is 1.40 bits per heavy atom. The van der Waals surface area contributed by atoms with E-state index in [9.17, 15) is 23.5 Å². The fourth-order valence-corrected chi connectivity index (χ4v) is 3.33. The van der Waals surface area contributed by atoms with Gasteiger partial charge in [-0.2, -0.15) is 0 Å². The van der Waals surface area contributed by atoms with Gasteiger partial charge < -0.3 is 15.2 Å². The number of carbonyl (C=O) groups is 2. The van der Waals surface area contributed by atoms with E-state index in [0.717, 1.165) is 6.07 Å². The van der Waals surface area contributed by atoms with Crippen molar-refractivity contribution in [1.82, 2.24) is 5.32 Å². The van der Waals surface area contributed by atoms with E-state index < -0.39 is 29.5 Å². The van der Waals surface area contributed by atoms with Gasteiger partial charge in [-0.05, 0) is 31.1 Å². The van der Waals surface area contributed by atoms with Crippen molar-refractivity contribution in [2.24, 2.45) is 0 Å². The number of nitrogens with one attached hydrogen (secondary N) is 1. The highest BCUT2D eigenvalue weighted by Crippen LogP contribution is 2.43. The maximum atomic E-state index is 14.4. The van der Waals surface area contributed by atoms with Crippen LogP contribution in [0.2, 0.25) is 0 Å². The molecule has 5 nitrogen and oxygen atoms in total. The Bertz CT molecular complexity index is 897. The van der Waals surface area contributed by atoms with Gasteiger partial charge in [0, 0.05) is 17.3 Å². The lowest BCUT2D eigenvalue weighted by molar-refractivity contribution is -0.136. The number of halogens is 2. The highest BCUT2D eigenvalue weighted by Gasteiger charge is 2.42. The average molecular weight is 347 g/mol. The fraction of sp³-hybridized carbons (Fsp3) is 0.222. The van der Waals surface area contributed by atoms with Crippen LogP contribution in [0.3, 0.4) is 0 Å². The third-order valence-corrected chi connectivity index (χ3v) is 4.27. The zero-order chi connectivity index (χ0) is 18.5. The van der Waals surface area contributed by atoms with E-state index >= 15 is 0 Å². The first-order valence-corrected chi connectivity index (χ1v) is 7.48. The maximum absolute atomic E-state index is 14.4. The van der Waals surface area contributed by atoms with Crippen LogP contribution in [0.4, 0.5) is 8.78 Å². The van der Waals surface area contributed by atoms with Gasteiger partial charge >= 0.3 is 11.9 Å². The average Bonchev–Trinajstić information content (AvgIpc) is 2.85. The maximum Gasteiger partial charge on any atom is 0.337 e. The summed E-state index contributed by atoms with van der Waals surface area (Å²) in [4.78, 5) is 24.0. The van der Waals surface area contributed by atoms with Crippen molar-refractivity contribution >= 4 is 17.5 Å². The molecule has 0 aromatic heterocycles. The van der Waals surface area contributed by atoms with Gasteiger partial charge in [0.15, 0.2) is 0 Å². The monoisotopic (exact) mass is 347 g/mol. The summed E-state index contributed by atoms with van der Waals surface area (Å²) in [6.07, 6.45) is 0. The Hall–Kier alpha value is -2.96. The van der Waals surface area contributed by atoms with Crippen molar-refractivity contribution in [3.05, 3.63) is 64.0 Å². The second-order valence-corrected chi connectivity index (χ2v) is 6.00. The zero-order valence-corrected chi connectivity index (χ0v) is 13.6. The summed E-state index contributed by atoms with van der Waals surface area (Å²) in [5, 5.41) is 12.5. The van der Waals surface area contributed by atoms with E-state index in [1.165, 1.54) is 13.8 Å². The predicted octanol–water partition coefficient (Wildman–Crippen LogP) is 2.85. The summed E-state index contributed by atoms with van der Waals surface area (Å²) in [7, 11) is 0. The standard InChI is InChI=1S/C18H15F2NO4/c1-7(2)13-10(4-9(19)5-11(13)20)15-14(17(22)23)8(3)21-12-6-25-18(24)16(12)15/h4-5,15,21H,1,6H2,2-3H3,(H,22,23)/t15-/m0/s1. The van der Waals surface area contributed by atoms with Crippen molar-refractivity contribution in [1.29, 1.82) is 0 Å². The number of ether oxygens (including phenoxy) is 1. The van der Waals surface area contributed by atoms with E-state index in [1.807, 2.05) is 0 Å². The number of rotatable bonds is 3. The number of carboxylic acids is 1. The van der Waals surface area contributed by atoms with E-state index in [4.69, 9.17) is 4.74 Å². The molecule has 2 heterocycles. The van der Waals surface area contributed by atoms with Gasteiger partial charge in [-0.15, -0.1) is 0 Å². The van der Waals surface area contributed by atoms with E-state index in [1.54, 1.807) is 0 Å². The lowest BCUT2D eigenvalue weighted by Crippen LogP contribution is -2.30. The highest BCUT2D eigenvalue weighted by atomic mass is 19.1. The van der Waals surface area contributed by atoms with Gasteiger partial charge in [-0.1, -0.05) is 6.58 Å². The third kappa shape index (κ3) is 2.61. The number of esters is 1. The lowest BCUT2D eigenvalue weighted by atomic mass is 9.78. The van der Waals surface area contributed by atoms with Crippen LogP contribution in [0.1, 0.15) is 30.9 Å². The number of hydrogen-bond acceptors (Lipinski definition) is 4. The Labute approximate surface area is 142 Å². The van der Waals surface area contributed by atoms with Crippen LogP contribution in [0.15, 0.2) is 41.3 Å². The van der Waals surface area contributed by atoms with Gasteiger partial charge in [-0.3, -0.25) is 0 Å². The first-order chi connectivity index (χ1) is 11.7. The molecule has 0 fully saturated rings.